The lowest BCUT2D eigenvalue weighted by atomic mass is 9.92. The second-order valence-corrected chi connectivity index (χ2v) is 7.79. The van der Waals surface area contributed by atoms with Crippen LogP contribution < -0.4 is 9.67 Å². The molecule has 29 heavy (non-hydrogen) atoms. The van der Waals surface area contributed by atoms with Gasteiger partial charge in [-0.1, -0.05) is 35.9 Å². The van der Waals surface area contributed by atoms with Crippen molar-refractivity contribution in [3.63, 3.8) is 0 Å². The number of aliphatic hydroxyl groups excluding tert-OH is 1. The minimum Gasteiger partial charge on any atom is -0.849 e. The maximum Gasteiger partial charge on any atom is 0.362 e. The molecule has 0 spiro atoms. The van der Waals surface area contributed by atoms with Crippen molar-refractivity contribution in [3.05, 3.63) is 53.4 Å². The van der Waals surface area contributed by atoms with Gasteiger partial charge in [0, 0.05) is 17.7 Å². The van der Waals surface area contributed by atoms with E-state index in [2.05, 4.69) is 0 Å². The quantitative estimate of drug-likeness (QED) is 0.506. The summed E-state index contributed by atoms with van der Waals surface area (Å²) in [5, 5.41) is 18.4. The third kappa shape index (κ3) is 4.23. The minimum absolute atomic E-state index is 0.163. The molecule has 0 saturated heterocycles. The summed E-state index contributed by atoms with van der Waals surface area (Å²) in [5.41, 5.74) is -2.42. The third-order valence-electron chi connectivity index (χ3n) is 4.90. The molecule has 6 nitrogen and oxygen atoms in total. The number of ether oxygens (including phenoxy) is 2. The summed E-state index contributed by atoms with van der Waals surface area (Å²) in [4.78, 5) is 12.0. The Kier molecular flexibility index (Phi) is 6.72. The molecule has 1 saturated carbocycles. The van der Waals surface area contributed by atoms with E-state index in [4.69, 9.17) is 32.7 Å². The monoisotopic (exact) mass is 449 g/mol. The highest BCUT2D eigenvalue weighted by Gasteiger charge is 2.67. The predicted molar refractivity (Wildman–Crippen MR) is 96.9 cm³/mol. The normalized spacial score (nSPS) is 32.2. The molecule has 10 heteroatoms. The van der Waals surface area contributed by atoms with E-state index in [1.165, 1.54) is 17.0 Å². The van der Waals surface area contributed by atoms with E-state index >= 15 is 0 Å². The fourth-order valence-corrected chi connectivity index (χ4v) is 4.53. The molecule has 0 bridgehead atoms. The number of allylic oxidation sites excluding steroid dienone is 1. The van der Waals surface area contributed by atoms with Crippen LogP contribution in [0.3, 0.4) is 0 Å². The van der Waals surface area contributed by atoms with Crippen LogP contribution in [-0.2, 0) is 20.0 Å². The lowest BCUT2D eigenvalue weighted by Crippen LogP contribution is -2.70. The van der Waals surface area contributed by atoms with E-state index in [-0.39, 0.29) is 17.0 Å². The number of aliphatic hydroxyl groups is 1. The maximum absolute atomic E-state index is 13.6. The standard InChI is InChI=1S/C19H19Cl2F2NO5/c20-16-8-12(15(27)11-25)10-18(21,28-14-5-4-13(26)9-14)19(16,29-17(22)23)24-6-2-1-3-7-24/h1-3,6-8,10,13-14,17,26H,4-5,9,11H2/t13-,14+,18?,19?/m0/s1. The van der Waals surface area contributed by atoms with Gasteiger partial charge in [0.1, 0.15) is 10.8 Å². The van der Waals surface area contributed by atoms with Crippen molar-refractivity contribution >= 4 is 29.0 Å². The molecule has 0 radical (unpaired) electrons. The van der Waals surface area contributed by atoms with Crippen molar-refractivity contribution in [3.8, 4) is 0 Å². The van der Waals surface area contributed by atoms with Crippen molar-refractivity contribution in [2.75, 3.05) is 6.61 Å². The van der Waals surface area contributed by atoms with Gasteiger partial charge in [-0.25, -0.2) is 4.74 Å². The molecular weight excluding hydrogens is 431 g/mol. The third-order valence-corrected chi connectivity index (χ3v) is 5.72. The Balaban J connectivity index is 2.18. The van der Waals surface area contributed by atoms with E-state index in [0.29, 0.717) is 12.8 Å². The second-order valence-electron chi connectivity index (χ2n) is 6.82. The molecular formula is C19H19Cl2F2NO5. The van der Waals surface area contributed by atoms with Gasteiger partial charge in [-0.05, 0) is 31.4 Å². The zero-order chi connectivity index (χ0) is 21.2. The van der Waals surface area contributed by atoms with Crippen molar-refractivity contribution < 1.29 is 37.8 Å². The van der Waals surface area contributed by atoms with E-state index in [1.54, 1.807) is 18.2 Å². The number of pyridine rings is 1. The van der Waals surface area contributed by atoms with Crippen LogP contribution in [0.2, 0.25) is 0 Å². The summed E-state index contributed by atoms with van der Waals surface area (Å²) < 4.78 is 39.2. The Labute approximate surface area is 175 Å². The number of Topliss-reactive ketones (excluding diaryl/α,β-unsaturated/α-hetero) is 1. The summed E-state index contributed by atoms with van der Waals surface area (Å²) in [5.74, 6) is -0.827. The summed E-state index contributed by atoms with van der Waals surface area (Å²) in [6, 6.07) is 4.76. The van der Waals surface area contributed by atoms with Gasteiger partial charge in [-0.2, -0.15) is 13.3 Å². The number of aromatic nitrogens is 1. The Morgan fingerprint density at radius 1 is 1.34 bits per heavy atom. The van der Waals surface area contributed by atoms with Crippen LogP contribution in [0.4, 0.5) is 8.78 Å². The van der Waals surface area contributed by atoms with Crippen molar-refractivity contribution in [1.29, 1.82) is 0 Å². The van der Waals surface area contributed by atoms with Gasteiger partial charge in [0.15, 0.2) is 12.4 Å². The number of carbonyl (C=O) groups is 1. The van der Waals surface area contributed by atoms with Gasteiger partial charge >= 0.3 is 12.3 Å². The van der Waals surface area contributed by atoms with E-state index in [1.807, 2.05) is 0 Å². The largest absolute Gasteiger partial charge is 0.849 e. The summed E-state index contributed by atoms with van der Waals surface area (Å²) >= 11 is 13.1. The van der Waals surface area contributed by atoms with Crippen LogP contribution in [0.25, 0.3) is 0 Å². The average molecular weight is 450 g/mol. The SMILES string of the molecule is O=C(C[O-])C1=CC(Cl)(O[C@@H]2CC[C@H](O)C2)C(OC(F)F)([n+]2ccccc2)C(Cl)=C1. The van der Waals surface area contributed by atoms with Crippen LogP contribution in [0.5, 0.6) is 0 Å². The predicted octanol–water partition coefficient (Wildman–Crippen LogP) is 1.72. The van der Waals surface area contributed by atoms with Crippen molar-refractivity contribution in [2.24, 2.45) is 0 Å². The Morgan fingerprint density at radius 2 is 2.03 bits per heavy atom. The molecule has 2 aliphatic carbocycles. The highest BCUT2D eigenvalue weighted by Crippen LogP contribution is 2.49. The van der Waals surface area contributed by atoms with E-state index in [0.717, 1.165) is 12.2 Å². The summed E-state index contributed by atoms with van der Waals surface area (Å²) in [7, 11) is 0. The van der Waals surface area contributed by atoms with Gasteiger partial charge in [-0.15, -0.1) is 0 Å². The van der Waals surface area contributed by atoms with Crippen molar-refractivity contribution in [1.82, 2.24) is 0 Å². The first-order valence-corrected chi connectivity index (χ1v) is 9.67. The summed E-state index contributed by atoms with van der Waals surface area (Å²) in [6.07, 6.45) is 4.84. The van der Waals surface area contributed by atoms with Crippen molar-refractivity contribution in [2.45, 2.75) is 48.9 Å². The highest BCUT2D eigenvalue weighted by atomic mass is 35.5. The second kappa shape index (κ2) is 8.75. The Bertz CT molecular complexity index is 822. The number of ketones is 1. The molecule has 1 aromatic rings. The fraction of sp³-hybridized carbons (Fsp3) is 0.474. The first-order valence-electron chi connectivity index (χ1n) is 8.91. The molecule has 2 aliphatic rings. The molecule has 0 aromatic carbocycles. The molecule has 158 valence electrons. The van der Waals surface area contributed by atoms with Gasteiger partial charge in [0.2, 0.25) is 0 Å². The molecule has 1 heterocycles. The average Bonchev–Trinajstić information content (AvgIpc) is 3.08. The number of alkyl halides is 3. The number of hydrogen-bond acceptors (Lipinski definition) is 5. The number of halogens is 4. The lowest BCUT2D eigenvalue weighted by Gasteiger charge is -2.42. The first kappa shape index (κ1) is 22.3. The van der Waals surface area contributed by atoms with Crippen LogP contribution >= 0.6 is 23.2 Å². The van der Waals surface area contributed by atoms with Gasteiger partial charge in [0.25, 0.3) is 5.06 Å². The summed E-state index contributed by atoms with van der Waals surface area (Å²) in [6.45, 7) is -4.38. The highest BCUT2D eigenvalue weighted by molar-refractivity contribution is 6.34. The fourth-order valence-electron chi connectivity index (χ4n) is 3.60. The van der Waals surface area contributed by atoms with E-state index < -0.39 is 42.0 Å². The maximum atomic E-state index is 13.6. The number of carbonyl (C=O) groups excluding carboxylic acids is 1. The first-order chi connectivity index (χ1) is 13.7. The molecule has 1 aromatic heterocycles. The minimum atomic E-state index is -3.30. The van der Waals surface area contributed by atoms with Gasteiger partial charge in [0.05, 0.1) is 12.2 Å². The number of hydrogen-bond donors (Lipinski definition) is 1. The Hall–Kier alpha value is -1.42. The molecule has 0 aliphatic heterocycles. The molecule has 0 amide bonds. The van der Waals surface area contributed by atoms with Crippen LogP contribution in [0, 0.1) is 0 Å². The van der Waals surface area contributed by atoms with Crippen LogP contribution in [0.15, 0.2) is 53.4 Å². The zero-order valence-corrected chi connectivity index (χ0v) is 16.7. The van der Waals surface area contributed by atoms with Crippen LogP contribution in [0.1, 0.15) is 19.3 Å². The smallest absolute Gasteiger partial charge is 0.362 e. The number of nitrogens with zero attached hydrogens (tertiary/aromatic N) is 1. The zero-order valence-electron chi connectivity index (χ0n) is 15.1. The lowest BCUT2D eigenvalue weighted by molar-refractivity contribution is -0.814. The number of rotatable bonds is 7. The topological polar surface area (TPSA) is 82.7 Å². The molecule has 1 fully saturated rings. The molecule has 2 unspecified atom stereocenters. The molecule has 4 atom stereocenters. The Morgan fingerprint density at radius 3 is 2.59 bits per heavy atom. The van der Waals surface area contributed by atoms with Crippen LogP contribution in [-0.4, -0.2) is 41.4 Å². The molecule has 1 N–H and O–H groups in total. The van der Waals surface area contributed by atoms with E-state index in [9.17, 15) is 23.8 Å². The molecule has 3 rings (SSSR count). The van der Waals surface area contributed by atoms with Gasteiger partial charge in [-0.3, -0.25) is 4.79 Å². The van der Waals surface area contributed by atoms with Gasteiger partial charge < -0.3 is 14.9 Å².